The third-order valence-corrected chi connectivity index (χ3v) is 4.81. The van der Waals surface area contributed by atoms with Gasteiger partial charge in [-0.2, -0.15) is 5.10 Å². The van der Waals surface area contributed by atoms with Crippen molar-refractivity contribution in [2.75, 3.05) is 0 Å². The van der Waals surface area contributed by atoms with Crippen LogP contribution in [0.4, 0.5) is 4.39 Å². The van der Waals surface area contributed by atoms with Crippen LogP contribution in [0, 0.1) is 5.82 Å². The first-order valence-electron chi connectivity index (χ1n) is 5.91. The molecule has 0 bridgehead atoms. The number of nitrogens with zero attached hydrogens (tertiary/aromatic N) is 3. The van der Waals surface area contributed by atoms with Gasteiger partial charge in [0.1, 0.15) is 5.82 Å². The molecular formula is C14H10FIN3P. The van der Waals surface area contributed by atoms with E-state index in [9.17, 15) is 4.39 Å². The maximum atomic E-state index is 13.0. The molecule has 3 nitrogen and oxygen atoms in total. The Bertz CT molecular complexity index is 727. The van der Waals surface area contributed by atoms with Gasteiger partial charge >= 0.3 is 0 Å². The fourth-order valence-corrected chi connectivity index (χ4v) is 3.52. The molecule has 6 heteroatoms. The van der Waals surface area contributed by atoms with E-state index < -0.39 is 0 Å². The fourth-order valence-electron chi connectivity index (χ4n) is 1.96. The molecule has 2 heterocycles. The first-order valence-corrected chi connectivity index (χ1v) is 9.97. The molecule has 1 atom stereocenters. The van der Waals surface area contributed by atoms with E-state index in [1.54, 1.807) is 24.5 Å². The van der Waals surface area contributed by atoms with Crippen LogP contribution in [0.3, 0.4) is 0 Å². The minimum Gasteiger partial charge on any atom is -0.256 e. The number of aromatic nitrogens is 3. The van der Waals surface area contributed by atoms with Gasteiger partial charge in [-0.05, 0) is 64.5 Å². The van der Waals surface area contributed by atoms with Crippen LogP contribution in [0.5, 0.6) is 0 Å². The summed E-state index contributed by atoms with van der Waals surface area (Å²) >= 11 is 2.30. The lowest BCUT2D eigenvalue weighted by atomic mass is 10.1. The smallest absolute Gasteiger partial charge is 0.123 e. The standard InChI is InChI=1S/C14H10FIN3P/c15-12-3-1-10(2-4-12)13-9-11(5-7-17-13)14-6-8-18-19(14)20-16/h1-9,20H. The summed E-state index contributed by atoms with van der Waals surface area (Å²) < 4.78 is 14.9. The number of benzene rings is 1. The summed E-state index contributed by atoms with van der Waals surface area (Å²) in [5.41, 5.74) is 3.84. The highest BCUT2D eigenvalue weighted by Gasteiger charge is 2.07. The molecule has 0 fully saturated rings. The molecular weight excluding hydrogens is 387 g/mol. The van der Waals surface area contributed by atoms with Gasteiger partial charge < -0.3 is 0 Å². The second-order valence-corrected chi connectivity index (χ2v) is 6.19. The topological polar surface area (TPSA) is 30.7 Å². The molecule has 0 saturated heterocycles. The average Bonchev–Trinajstić information content (AvgIpc) is 2.96. The Morgan fingerprint density at radius 1 is 1.00 bits per heavy atom. The molecule has 3 aromatic rings. The summed E-state index contributed by atoms with van der Waals surface area (Å²) in [5, 5.41) is 4.28. The molecule has 1 unspecified atom stereocenters. The predicted molar refractivity (Wildman–Crippen MR) is 88.6 cm³/mol. The van der Waals surface area contributed by atoms with Crippen LogP contribution >= 0.6 is 28.4 Å². The number of halogens is 2. The molecule has 0 aliphatic heterocycles. The van der Waals surface area contributed by atoms with E-state index in [1.807, 2.05) is 22.7 Å². The van der Waals surface area contributed by atoms with Crippen LogP contribution < -0.4 is 0 Å². The highest BCUT2D eigenvalue weighted by molar-refractivity contribution is 14.2. The van der Waals surface area contributed by atoms with Gasteiger partial charge in [0.2, 0.25) is 0 Å². The number of pyridine rings is 1. The molecule has 1 aromatic carbocycles. The molecule has 0 N–H and O–H groups in total. The quantitative estimate of drug-likeness (QED) is 0.480. The van der Waals surface area contributed by atoms with Gasteiger partial charge in [-0.1, -0.05) is 0 Å². The lowest BCUT2D eigenvalue weighted by Crippen LogP contribution is -1.90. The van der Waals surface area contributed by atoms with Crippen molar-refractivity contribution in [3.05, 3.63) is 60.7 Å². The van der Waals surface area contributed by atoms with E-state index in [2.05, 4.69) is 32.1 Å². The van der Waals surface area contributed by atoms with Gasteiger partial charge in [-0.15, -0.1) is 0 Å². The maximum absolute atomic E-state index is 13.0. The van der Waals surface area contributed by atoms with Crippen LogP contribution in [-0.4, -0.2) is 14.5 Å². The first kappa shape index (κ1) is 13.6. The number of rotatable bonds is 3. The van der Waals surface area contributed by atoms with Gasteiger partial charge in [0.05, 0.1) is 17.8 Å². The second-order valence-electron chi connectivity index (χ2n) is 4.15. The van der Waals surface area contributed by atoms with Crippen LogP contribution in [0.25, 0.3) is 22.5 Å². The third kappa shape index (κ3) is 2.74. The highest BCUT2D eigenvalue weighted by atomic mass is 127. The fraction of sp³-hybridized carbons (Fsp3) is 0. The Morgan fingerprint density at radius 3 is 2.55 bits per heavy atom. The van der Waals surface area contributed by atoms with Crippen molar-refractivity contribution in [2.24, 2.45) is 0 Å². The van der Waals surface area contributed by atoms with E-state index in [0.717, 1.165) is 22.5 Å². The molecule has 20 heavy (non-hydrogen) atoms. The van der Waals surface area contributed by atoms with E-state index in [4.69, 9.17) is 0 Å². The van der Waals surface area contributed by atoms with Crippen molar-refractivity contribution in [2.45, 2.75) is 0 Å². The lowest BCUT2D eigenvalue weighted by Gasteiger charge is -2.06. The first-order chi connectivity index (χ1) is 9.78. The minimum absolute atomic E-state index is 0.242. The van der Waals surface area contributed by atoms with Gasteiger partial charge in [-0.3, -0.25) is 4.98 Å². The van der Waals surface area contributed by atoms with Gasteiger partial charge in [0, 0.05) is 23.5 Å². The molecule has 100 valence electrons. The number of hydrogen-bond donors (Lipinski definition) is 0. The Hall–Kier alpha value is -1.33. The molecule has 0 saturated carbocycles. The molecule has 2 aromatic heterocycles. The monoisotopic (exact) mass is 397 g/mol. The van der Waals surface area contributed by atoms with Crippen LogP contribution in [-0.2, 0) is 0 Å². The van der Waals surface area contributed by atoms with E-state index in [0.29, 0.717) is 6.37 Å². The zero-order valence-electron chi connectivity index (χ0n) is 10.3. The van der Waals surface area contributed by atoms with E-state index in [-0.39, 0.29) is 5.82 Å². The molecule has 0 aliphatic rings. The molecule has 0 aliphatic carbocycles. The van der Waals surface area contributed by atoms with Crippen molar-refractivity contribution in [3.8, 4) is 22.5 Å². The Balaban J connectivity index is 2.04. The van der Waals surface area contributed by atoms with Gasteiger partial charge in [-0.25, -0.2) is 8.84 Å². The molecule has 0 radical (unpaired) electrons. The molecule has 3 rings (SSSR count). The summed E-state index contributed by atoms with van der Waals surface area (Å²) in [5.74, 6) is -0.242. The number of hydrogen-bond acceptors (Lipinski definition) is 2. The third-order valence-electron chi connectivity index (χ3n) is 2.92. The summed E-state index contributed by atoms with van der Waals surface area (Å²) in [6, 6.07) is 12.3. The van der Waals surface area contributed by atoms with Crippen molar-refractivity contribution < 1.29 is 4.39 Å². The van der Waals surface area contributed by atoms with Crippen molar-refractivity contribution >= 4 is 28.4 Å². The Labute approximate surface area is 130 Å². The lowest BCUT2D eigenvalue weighted by molar-refractivity contribution is 0.628. The second kappa shape index (κ2) is 5.97. The highest BCUT2D eigenvalue weighted by Crippen LogP contribution is 2.31. The van der Waals surface area contributed by atoms with E-state index in [1.165, 1.54) is 12.1 Å². The zero-order chi connectivity index (χ0) is 13.9. The maximum Gasteiger partial charge on any atom is 0.123 e. The minimum atomic E-state index is -0.242. The zero-order valence-corrected chi connectivity index (χ0v) is 13.5. The summed E-state index contributed by atoms with van der Waals surface area (Å²) in [6.45, 7) is 0. The van der Waals surface area contributed by atoms with Crippen molar-refractivity contribution in [1.82, 2.24) is 14.5 Å². The Kier molecular flexibility index (Phi) is 4.08. The summed E-state index contributed by atoms with van der Waals surface area (Å²) in [4.78, 5) is 4.35. The molecule has 0 spiro atoms. The normalized spacial score (nSPS) is 11.3. The Morgan fingerprint density at radius 2 is 1.80 bits per heavy atom. The van der Waals surface area contributed by atoms with Crippen LogP contribution in [0.1, 0.15) is 0 Å². The van der Waals surface area contributed by atoms with Crippen molar-refractivity contribution in [3.63, 3.8) is 0 Å². The largest absolute Gasteiger partial charge is 0.256 e. The summed E-state index contributed by atoms with van der Waals surface area (Å²) in [7, 11) is 0. The molecule has 0 amide bonds. The SMILES string of the molecule is Fc1ccc(-c2cc(-c3ccnn3PI)ccn2)cc1. The van der Waals surface area contributed by atoms with Gasteiger partial charge in [0.25, 0.3) is 0 Å². The van der Waals surface area contributed by atoms with Crippen LogP contribution in [0.15, 0.2) is 54.9 Å². The average molecular weight is 397 g/mol. The van der Waals surface area contributed by atoms with Crippen molar-refractivity contribution in [1.29, 1.82) is 0 Å². The van der Waals surface area contributed by atoms with Gasteiger partial charge in [0.15, 0.2) is 0 Å². The van der Waals surface area contributed by atoms with E-state index >= 15 is 0 Å². The van der Waals surface area contributed by atoms with Crippen LogP contribution in [0.2, 0.25) is 0 Å². The summed E-state index contributed by atoms with van der Waals surface area (Å²) in [6.07, 6.45) is 4.10. The predicted octanol–water partition coefficient (Wildman–Crippen LogP) is 4.54.